The Morgan fingerprint density at radius 3 is 1.70 bits per heavy atom. The van der Waals surface area contributed by atoms with Crippen LogP contribution in [-0.2, 0) is 0 Å². The summed E-state index contributed by atoms with van der Waals surface area (Å²) < 4.78 is 0. The van der Waals surface area contributed by atoms with Crippen molar-refractivity contribution in [1.82, 2.24) is 9.80 Å². The van der Waals surface area contributed by atoms with E-state index in [0.29, 0.717) is 5.92 Å². The summed E-state index contributed by atoms with van der Waals surface area (Å²) in [5.41, 5.74) is 1.59. The Hall–Kier alpha value is -0.570. The van der Waals surface area contributed by atoms with Crippen molar-refractivity contribution >= 4 is 12.4 Å². The van der Waals surface area contributed by atoms with Crippen molar-refractivity contribution in [1.29, 1.82) is 0 Å². The summed E-state index contributed by atoms with van der Waals surface area (Å²) in [5, 5.41) is 0. The third-order valence-corrected chi connectivity index (χ3v) is 6.62. The van der Waals surface area contributed by atoms with Crippen LogP contribution in [0.5, 0.6) is 0 Å². The summed E-state index contributed by atoms with van der Waals surface area (Å²) in [4.78, 5) is 5.29. The highest BCUT2D eigenvalue weighted by Crippen LogP contribution is 2.41. The van der Waals surface area contributed by atoms with Gasteiger partial charge in [0.2, 0.25) is 0 Å². The molecule has 2 nitrogen and oxygen atoms in total. The van der Waals surface area contributed by atoms with E-state index in [1.807, 2.05) is 0 Å². The van der Waals surface area contributed by atoms with Crippen LogP contribution in [0.25, 0.3) is 0 Å². The standard InChI is InChI=1S/C24H42N2.ClH/c1-5-25(6-2)19-23(20-26(7-3)8-4)24(21-15-11-9-12-16-21)22-17-13-10-14-18-22;/h9,11-12,15-16,22-24H,5-8,10,13-14,17-20H2,1-4H3;1H. The van der Waals surface area contributed by atoms with E-state index in [1.165, 1.54) is 45.2 Å². The first kappa shape index (κ1) is 24.5. The smallest absolute Gasteiger partial charge is 0.00276 e. The molecule has 1 aliphatic carbocycles. The summed E-state index contributed by atoms with van der Waals surface area (Å²) in [7, 11) is 0. The molecule has 1 aromatic rings. The highest BCUT2D eigenvalue weighted by atomic mass is 35.5. The Labute approximate surface area is 175 Å². The van der Waals surface area contributed by atoms with Crippen molar-refractivity contribution in [3.63, 3.8) is 0 Å². The summed E-state index contributed by atoms with van der Waals surface area (Å²) >= 11 is 0. The number of hydrogen-bond acceptors (Lipinski definition) is 2. The third kappa shape index (κ3) is 7.40. The van der Waals surface area contributed by atoms with Crippen molar-refractivity contribution < 1.29 is 0 Å². The molecule has 1 saturated carbocycles. The lowest BCUT2D eigenvalue weighted by Gasteiger charge is -2.40. The molecule has 0 bridgehead atoms. The predicted molar refractivity (Wildman–Crippen MR) is 122 cm³/mol. The second-order valence-corrected chi connectivity index (χ2v) is 8.07. The molecule has 1 aromatic carbocycles. The Morgan fingerprint density at radius 2 is 1.26 bits per heavy atom. The zero-order chi connectivity index (χ0) is 18.8. The van der Waals surface area contributed by atoms with Crippen molar-refractivity contribution in [2.45, 2.75) is 65.7 Å². The van der Waals surface area contributed by atoms with Gasteiger partial charge in [0.25, 0.3) is 0 Å². The molecule has 0 N–H and O–H groups in total. The van der Waals surface area contributed by atoms with Crippen molar-refractivity contribution in [2.75, 3.05) is 39.3 Å². The van der Waals surface area contributed by atoms with E-state index in [2.05, 4.69) is 67.8 Å². The van der Waals surface area contributed by atoms with Crippen molar-refractivity contribution in [3.05, 3.63) is 35.9 Å². The maximum absolute atomic E-state index is 2.65. The normalized spacial score (nSPS) is 16.7. The highest BCUT2D eigenvalue weighted by Gasteiger charge is 2.33. The maximum atomic E-state index is 2.65. The van der Waals surface area contributed by atoms with Gasteiger partial charge in [-0.1, -0.05) is 77.3 Å². The molecule has 1 unspecified atom stereocenters. The van der Waals surface area contributed by atoms with Crippen LogP contribution in [-0.4, -0.2) is 49.1 Å². The second kappa shape index (κ2) is 13.6. The molecule has 1 atom stereocenters. The molecule has 1 fully saturated rings. The third-order valence-electron chi connectivity index (χ3n) is 6.62. The summed E-state index contributed by atoms with van der Waals surface area (Å²) in [6, 6.07) is 11.5. The molecule has 0 heterocycles. The fourth-order valence-electron chi connectivity index (χ4n) is 5.01. The first-order valence-electron chi connectivity index (χ1n) is 11.2. The van der Waals surface area contributed by atoms with Gasteiger partial charge in [0.1, 0.15) is 0 Å². The number of rotatable bonds is 11. The van der Waals surface area contributed by atoms with Crippen LogP contribution >= 0.6 is 12.4 Å². The lowest BCUT2D eigenvalue weighted by molar-refractivity contribution is 0.137. The molecule has 3 heteroatoms. The molecule has 0 amide bonds. The minimum atomic E-state index is 0. The summed E-state index contributed by atoms with van der Waals surface area (Å²) in [5.74, 6) is 2.29. The van der Waals surface area contributed by atoms with Gasteiger partial charge in [0.15, 0.2) is 0 Å². The van der Waals surface area contributed by atoms with Crippen LogP contribution < -0.4 is 0 Å². The van der Waals surface area contributed by atoms with E-state index >= 15 is 0 Å². The molecule has 0 radical (unpaired) electrons. The van der Waals surface area contributed by atoms with E-state index in [0.717, 1.165) is 38.0 Å². The number of halogens is 1. The average molecular weight is 395 g/mol. The van der Waals surface area contributed by atoms with Crippen LogP contribution in [0.15, 0.2) is 30.3 Å². The molecular formula is C24H43ClN2. The molecule has 0 aliphatic heterocycles. The second-order valence-electron chi connectivity index (χ2n) is 8.07. The average Bonchev–Trinajstić information content (AvgIpc) is 2.71. The van der Waals surface area contributed by atoms with Crippen LogP contribution in [0.4, 0.5) is 0 Å². The zero-order valence-corrected chi connectivity index (χ0v) is 19.0. The van der Waals surface area contributed by atoms with Gasteiger partial charge < -0.3 is 9.80 Å². The van der Waals surface area contributed by atoms with E-state index in [1.54, 1.807) is 5.56 Å². The van der Waals surface area contributed by atoms with Gasteiger partial charge in [0.05, 0.1) is 0 Å². The number of benzene rings is 1. The molecule has 156 valence electrons. The van der Waals surface area contributed by atoms with Gasteiger partial charge in [-0.2, -0.15) is 0 Å². The van der Waals surface area contributed by atoms with Crippen molar-refractivity contribution in [2.24, 2.45) is 11.8 Å². The monoisotopic (exact) mass is 394 g/mol. The lowest BCUT2D eigenvalue weighted by atomic mass is 9.70. The number of hydrogen-bond donors (Lipinski definition) is 0. The highest BCUT2D eigenvalue weighted by molar-refractivity contribution is 5.85. The Bertz CT molecular complexity index is 451. The Balaban J connectivity index is 0.00000364. The number of nitrogens with zero attached hydrogens (tertiary/aromatic N) is 2. The van der Waals surface area contributed by atoms with Crippen LogP contribution in [0.2, 0.25) is 0 Å². The van der Waals surface area contributed by atoms with Crippen molar-refractivity contribution in [3.8, 4) is 0 Å². The van der Waals surface area contributed by atoms with Gasteiger partial charge in [-0.15, -0.1) is 12.4 Å². The first-order valence-corrected chi connectivity index (χ1v) is 11.2. The molecule has 0 spiro atoms. The lowest BCUT2D eigenvalue weighted by Crippen LogP contribution is -2.41. The SMILES string of the molecule is CCN(CC)CC(CN(CC)CC)C(c1ccccc1)C1CCCCC1.Cl. The van der Waals surface area contributed by atoms with Crippen LogP contribution in [0.3, 0.4) is 0 Å². The Kier molecular flexibility index (Phi) is 12.3. The molecule has 0 saturated heterocycles. The van der Waals surface area contributed by atoms with Gasteiger partial charge in [-0.25, -0.2) is 0 Å². The molecule has 0 aromatic heterocycles. The van der Waals surface area contributed by atoms with Crippen LogP contribution in [0.1, 0.15) is 71.3 Å². The quantitative estimate of drug-likeness (QED) is 0.449. The zero-order valence-electron chi connectivity index (χ0n) is 18.2. The predicted octanol–water partition coefficient (Wildman–Crippen LogP) is 6.07. The molecule has 1 aliphatic rings. The van der Waals surface area contributed by atoms with E-state index in [9.17, 15) is 0 Å². The van der Waals surface area contributed by atoms with Gasteiger partial charge in [-0.3, -0.25) is 0 Å². The minimum absolute atomic E-state index is 0. The largest absolute Gasteiger partial charge is 0.304 e. The molecule has 27 heavy (non-hydrogen) atoms. The fraction of sp³-hybridized carbons (Fsp3) is 0.750. The minimum Gasteiger partial charge on any atom is -0.304 e. The summed E-state index contributed by atoms with van der Waals surface area (Å²) in [6.07, 6.45) is 7.14. The first-order chi connectivity index (χ1) is 12.7. The van der Waals surface area contributed by atoms with Crippen LogP contribution in [0, 0.1) is 11.8 Å². The summed E-state index contributed by atoms with van der Waals surface area (Å²) in [6.45, 7) is 16.4. The molecular weight excluding hydrogens is 352 g/mol. The van der Waals surface area contributed by atoms with E-state index in [-0.39, 0.29) is 12.4 Å². The maximum Gasteiger partial charge on any atom is 0.00276 e. The molecule has 2 rings (SSSR count). The van der Waals surface area contributed by atoms with E-state index < -0.39 is 0 Å². The fourth-order valence-corrected chi connectivity index (χ4v) is 5.01. The van der Waals surface area contributed by atoms with Gasteiger partial charge in [0, 0.05) is 13.1 Å². The van der Waals surface area contributed by atoms with E-state index in [4.69, 9.17) is 0 Å². The Morgan fingerprint density at radius 1 is 0.778 bits per heavy atom. The van der Waals surface area contributed by atoms with Gasteiger partial charge >= 0.3 is 0 Å². The topological polar surface area (TPSA) is 6.48 Å². The van der Waals surface area contributed by atoms with Gasteiger partial charge in [-0.05, 0) is 62.3 Å².